The summed E-state index contributed by atoms with van der Waals surface area (Å²) in [5.41, 5.74) is 4.67. The lowest BCUT2D eigenvalue weighted by molar-refractivity contribution is -0.160. The number of primary amides is 1. The fraction of sp³-hybridized carbons (Fsp3) is 0.800. The van der Waals surface area contributed by atoms with Crippen molar-refractivity contribution in [2.75, 3.05) is 12.4 Å². The summed E-state index contributed by atoms with van der Waals surface area (Å²) >= 11 is 1.07. The number of nitrogens with two attached hydrogens (primary N) is 1. The number of fused-ring (bicyclic) bond motifs is 1. The summed E-state index contributed by atoms with van der Waals surface area (Å²) in [5.74, 6) is -2.16. The Hall–Kier alpha value is -1.17. The number of hydrogen-bond acceptors (Lipinski definition) is 8. The van der Waals surface area contributed by atoms with Gasteiger partial charge in [-0.1, -0.05) is 25.6 Å². The van der Waals surface area contributed by atoms with Crippen molar-refractivity contribution >= 4 is 39.1 Å². The number of rotatable bonds is 8. The zero-order valence-electron chi connectivity index (χ0n) is 15.1. The van der Waals surface area contributed by atoms with Gasteiger partial charge in [-0.3, -0.25) is 14.4 Å². The third-order valence-electron chi connectivity index (χ3n) is 4.71. The Labute approximate surface area is 157 Å². The quantitative estimate of drug-likeness (QED) is 0.612. The van der Waals surface area contributed by atoms with Crippen LogP contribution in [-0.2, 0) is 33.2 Å². The molecule has 2 amide bonds. The Morgan fingerprint density at radius 2 is 2.00 bits per heavy atom. The molecule has 2 rings (SSSR count). The molecule has 2 N–H and O–H groups in total. The van der Waals surface area contributed by atoms with Crippen LogP contribution in [0.15, 0.2) is 0 Å². The highest BCUT2D eigenvalue weighted by molar-refractivity contribution is 8.13. The molecule has 0 aromatic carbocycles. The highest BCUT2D eigenvalue weighted by Gasteiger charge is 2.60. The van der Waals surface area contributed by atoms with E-state index in [1.165, 1.54) is 6.92 Å². The average Bonchev–Trinajstić information content (AvgIpc) is 2.63. The van der Waals surface area contributed by atoms with Crippen LogP contribution in [-0.4, -0.2) is 48.8 Å². The number of amides is 2. The molecule has 1 aliphatic carbocycles. The summed E-state index contributed by atoms with van der Waals surface area (Å²) in [6, 6.07) is -0.497. The SMILES string of the molecule is CC(=O)SCC(C)(C)COS(=O)(=O)ON1C(=O)C2[C@@H](C[C@H]2C(N)=O)[C@@H]1C. The fourth-order valence-corrected chi connectivity index (χ4v) is 4.74. The molecule has 1 heterocycles. The minimum Gasteiger partial charge on any atom is -0.369 e. The van der Waals surface area contributed by atoms with Crippen LogP contribution >= 0.6 is 11.8 Å². The molecule has 0 spiro atoms. The van der Waals surface area contributed by atoms with Crippen molar-refractivity contribution in [3.8, 4) is 0 Å². The van der Waals surface area contributed by atoms with Gasteiger partial charge in [-0.15, -0.1) is 4.28 Å². The van der Waals surface area contributed by atoms with Gasteiger partial charge in [0.1, 0.15) is 0 Å². The Kier molecular flexibility index (Phi) is 6.06. The van der Waals surface area contributed by atoms with Crippen molar-refractivity contribution in [3.63, 3.8) is 0 Å². The molecule has 1 aliphatic heterocycles. The molecule has 0 aromatic heterocycles. The highest BCUT2D eigenvalue weighted by atomic mass is 32.3. The summed E-state index contributed by atoms with van der Waals surface area (Å²) < 4.78 is 34.0. The molecule has 1 saturated heterocycles. The van der Waals surface area contributed by atoms with Gasteiger partial charge in [0.2, 0.25) is 5.91 Å². The first kappa shape index (κ1) is 21.1. The van der Waals surface area contributed by atoms with Gasteiger partial charge < -0.3 is 5.73 Å². The Morgan fingerprint density at radius 3 is 2.54 bits per heavy atom. The molecule has 0 aromatic rings. The van der Waals surface area contributed by atoms with Crippen molar-refractivity contribution < 1.29 is 31.3 Å². The van der Waals surface area contributed by atoms with Crippen molar-refractivity contribution in [1.82, 2.24) is 5.06 Å². The third-order valence-corrected chi connectivity index (χ3v) is 6.79. The molecular weight excluding hydrogens is 384 g/mol. The van der Waals surface area contributed by atoms with Crippen molar-refractivity contribution in [1.29, 1.82) is 0 Å². The Balaban J connectivity index is 1.96. The molecule has 11 heteroatoms. The molecule has 2 fully saturated rings. The number of nitrogens with zero attached hydrogens (tertiary/aromatic N) is 1. The van der Waals surface area contributed by atoms with Crippen LogP contribution in [0.4, 0.5) is 0 Å². The summed E-state index contributed by atoms with van der Waals surface area (Å²) in [6.45, 7) is 6.38. The zero-order valence-corrected chi connectivity index (χ0v) is 16.8. The molecule has 4 atom stereocenters. The predicted octanol–water partition coefficient (Wildman–Crippen LogP) is 0.454. The summed E-state index contributed by atoms with van der Waals surface area (Å²) in [7, 11) is -4.46. The van der Waals surface area contributed by atoms with Gasteiger partial charge in [-0.2, -0.15) is 13.5 Å². The molecule has 0 bridgehead atoms. The molecule has 1 unspecified atom stereocenters. The van der Waals surface area contributed by atoms with E-state index in [1.54, 1.807) is 20.8 Å². The molecule has 2 aliphatic rings. The van der Waals surface area contributed by atoms with E-state index in [0.29, 0.717) is 12.2 Å². The van der Waals surface area contributed by atoms with E-state index in [4.69, 9.17) is 14.2 Å². The van der Waals surface area contributed by atoms with Gasteiger partial charge in [0.25, 0.3) is 5.91 Å². The van der Waals surface area contributed by atoms with Gasteiger partial charge in [0.05, 0.1) is 24.5 Å². The Morgan fingerprint density at radius 1 is 1.38 bits per heavy atom. The van der Waals surface area contributed by atoms with Crippen molar-refractivity contribution in [2.24, 2.45) is 28.9 Å². The van der Waals surface area contributed by atoms with Crippen LogP contribution in [0.5, 0.6) is 0 Å². The normalized spacial score (nSPS) is 28.6. The molecule has 26 heavy (non-hydrogen) atoms. The van der Waals surface area contributed by atoms with Gasteiger partial charge >= 0.3 is 10.4 Å². The first-order valence-corrected chi connectivity index (χ1v) is 10.5. The lowest BCUT2D eigenvalue weighted by Crippen LogP contribution is -2.46. The van der Waals surface area contributed by atoms with E-state index in [2.05, 4.69) is 0 Å². The van der Waals surface area contributed by atoms with E-state index in [0.717, 1.165) is 16.8 Å². The fourth-order valence-electron chi connectivity index (χ4n) is 3.15. The highest BCUT2D eigenvalue weighted by Crippen LogP contribution is 2.50. The minimum atomic E-state index is -4.46. The Bertz CT molecular complexity index is 707. The van der Waals surface area contributed by atoms with E-state index in [-0.39, 0.29) is 17.6 Å². The van der Waals surface area contributed by atoms with E-state index >= 15 is 0 Å². The van der Waals surface area contributed by atoms with Gasteiger partial charge in [0, 0.05) is 12.7 Å². The summed E-state index contributed by atoms with van der Waals surface area (Å²) in [5, 5.41) is 0.693. The van der Waals surface area contributed by atoms with Crippen LogP contribution in [0.1, 0.15) is 34.1 Å². The lowest BCUT2D eigenvalue weighted by atomic mass is 9.64. The summed E-state index contributed by atoms with van der Waals surface area (Å²) in [4.78, 5) is 34.8. The molecular formula is C15H24N2O7S2. The first-order chi connectivity index (χ1) is 11.8. The number of hydroxylamine groups is 2. The van der Waals surface area contributed by atoms with Crippen LogP contribution in [0.3, 0.4) is 0 Å². The smallest absolute Gasteiger partial charge is 0.369 e. The number of thioether (sulfide) groups is 1. The van der Waals surface area contributed by atoms with Crippen LogP contribution in [0.25, 0.3) is 0 Å². The minimum absolute atomic E-state index is 0.0758. The van der Waals surface area contributed by atoms with Crippen LogP contribution in [0, 0.1) is 23.2 Å². The van der Waals surface area contributed by atoms with Crippen LogP contribution in [0.2, 0.25) is 0 Å². The predicted molar refractivity (Wildman–Crippen MR) is 93.5 cm³/mol. The molecule has 1 saturated carbocycles. The second kappa shape index (κ2) is 7.45. The largest absolute Gasteiger partial charge is 0.421 e. The van der Waals surface area contributed by atoms with E-state index in [9.17, 15) is 22.8 Å². The topological polar surface area (TPSA) is 133 Å². The number of carbonyl (C=O) groups is 3. The molecule has 0 radical (unpaired) electrons. The van der Waals surface area contributed by atoms with Crippen LogP contribution < -0.4 is 5.73 Å². The van der Waals surface area contributed by atoms with Gasteiger partial charge in [-0.25, -0.2) is 4.18 Å². The molecule has 9 nitrogen and oxygen atoms in total. The molecule has 148 valence electrons. The number of hydrogen-bond donors (Lipinski definition) is 1. The second-order valence-electron chi connectivity index (χ2n) is 7.53. The van der Waals surface area contributed by atoms with E-state index in [1.807, 2.05) is 0 Å². The standard InChI is InChI=1S/C15H24N2O7S2/c1-8-10-5-11(13(16)19)12(10)14(20)17(8)24-26(21,22)23-6-15(3,4)7-25-9(2)18/h8,10-12H,5-7H2,1-4H3,(H2,16,19)/t8-,10-,11+,12?/m0/s1. The summed E-state index contributed by atoms with van der Waals surface area (Å²) in [6.07, 6.45) is 0.434. The maximum atomic E-state index is 12.4. The zero-order chi connectivity index (χ0) is 19.9. The van der Waals surface area contributed by atoms with Gasteiger partial charge in [0.15, 0.2) is 5.12 Å². The van der Waals surface area contributed by atoms with Gasteiger partial charge in [-0.05, 0) is 24.7 Å². The number of carbonyl (C=O) groups excluding carboxylic acids is 3. The van der Waals surface area contributed by atoms with Crippen molar-refractivity contribution in [3.05, 3.63) is 0 Å². The lowest BCUT2D eigenvalue weighted by Gasteiger charge is -2.36. The van der Waals surface area contributed by atoms with Crippen molar-refractivity contribution in [2.45, 2.75) is 40.2 Å². The first-order valence-electron chi connectivity index (χ1n) is 8.19. The third kappa shape index (κ3) is 4.56. The second-order valence-corrected chi connectivity index (χ2v) is 9.88. The monoisotopic (exact) mass is 408 g/mol. The maximum Gasteiger partial charge on any atom is 0.421 e. The van der Waals surface area contributed by atoms with E-state index < -0.39 is 45.5 Å². The average molecular weight is 408 g/mol. The maximum absolute atomic E-state index is 12.4.